The zero-order valence-corrected chi connectivity index (χ0v) is 20.1. The summed E-state index contributed by atoms with van der Waals surface area (Å²) < 4.78 is 1.97. The number of rotatable bonds is 9. The standard InChI is InChI=1S/C28H29N5O2/c1-19(2)33-17-26(25-15-30-18-31-28(25)33)27(35)23-10-22(13-29-14-23)12-24(34)11-20-5-3-6-21(9-20)16-32-7-4-8-32/h3,5-6,9-10,13-15,17-19H,4,7-8,11-12,16H2,1-2H3. The summed E-state index contributed by atoms with van der Waals surface area (Å²) in [5, 5.41) is 0.714. The summed E-state index contributed by atoms with van der Waals surface area (Å²) in [5.74, 6) is -0.0491. The largest absolute Gasteiger partial charge is 0.329 e. The van der Waals surface area contributed by atoms with Gasteiger partial charge in [0.15, 0.2) is 5.78 Å². The molecule has 0 saturated carbocycles. The number of hydrogen-bond donors (Lipinski definition) is 0. The van der Waals surface area contributed by atoms with Crippen molar-refractivity contribution < 1.29 is 9.59 Å². The van der Waals surface area contributed by atoms with Crippen molar-refractivity contribution >= 4 is 22.6 Å². The molecule has 7 heteroatoms. The van der Waals surface area contributed by atoms with E-state index in [-0.39, 0.29) is 24.0 Å². The van der Waals surface area contributed by atoms with Gasteiger partial charge in [-0.1, -0.05) is 24.3 Å². The molecule has 4 aromatic rings. The number of hydrogen-bond acceptors (Lipinski definition) is 6. The number of carbonyl (C=O) groups excluding carboxylic acids is 2. The molecule has 0 unspecified atom stereocenters. The van der Waals surface area contributed by atoms with E-state index in [4.69, 9.17) is 0 Å². The second-order valence-corrected chi connectivity index (χ2v) is 9.56. The molecule has 0 bridgehead atoms. The van der Waals surface area contributed by atoms with Crippen molar-refractivity contribution in [1.29, 1.82) is 0 Å². The lowest BCUT2D eigenvalue weighted by Crippen LogP contribution is -2.36. The Morgan fingerprint density at radius 1 is 0.971 bits per heavy atom. The Labute approximate surface area is 204 Å². The molecule has 7 nitrogen and oxygen atoms in total. The topological polar surface area (TPSA) is 81.0 Å². The quantitative estimate of drug-likeness (QED) is 0.343. The first kappa shape index (κ1) is 23.1. The number of aromatic nitrogens is 4. The van der Waals surface area contributed by atoms with E-state index >= 15 is 0 Å². The molecule has 0 spiro atoms. The number of nitrogens with zero attached hydrogens (tertiary/aromatic N) is 5. The van der Waals surface area contributed by atoms with E-state index in [1.54, 1.807) is 24.7 Å². The molecular weight excluding hydrogens is 438 g/mol. The van der Waals surface area contributed by atoms with Crippen molar-refractivity contribution in [1.82, 2.24) is 24.4 Å². The lowest BCUT2D eigenvalue weighted by molar-refractivity contribution is -0.117. The molecule has 0 aliphatic carbocycles. The van der Waals surface area contributed by atoms with E-state index in [1.807, 2.05) is 36.7 Å². The molecule has 0 atom stereocenters. The minimum Gasteiger partial charge on any atom is -0.329 e. The number of Topliss-reactive ketones (excluding diaryl/α,β-unsaturated/α-hetero) is 1. The van der Waals surface area contributed by atoms with Gasteiger partial charge in [0.25, 0.3) is 0 Å². The molecule has 4 heterocycles. The van der Waals surface area contributed by atoms with E-state index in [0.29, 0.717) is 22.9 Å². The van der Waals surface area contributed by atoms with Crippen LogP contribution in [0.4, 0.5) is 0 Å². The highest BCUT2D eigenvalue weighted by molar-refractivity contribution is 6.15. The fourth-order valence-electron chi connectivity index (χ4n) is 4.58. The summed E-state index contributed by atoms with van der Waals surface area (Å²) in [7, 11) is 0. The summed E-state index contributed by atoms with van der Waals surface area (Å²) in [5.41, 5.74) is 4.73. The van der Waals surface area contributed by atoms with Crippen molar-refractivity contribution in [2.45, 2.75) is 45.7 Å². The molecule has 1 aromatic carbocycles. The van der Waals surface area contributed by atoms with Crippen LogP contribution in [0.15, 0.2) is 61.4 Å². The highest BCUT2D eigenvalue weighted by Gasteiger charge is 2.20. The van der Waals surface area contributed by atoms with Crippen molar-refractivity contribution in [3.05, 3.63) is 89.3 Å². The normalized spacial score (nSPS) is 13.8. The molecule has 1 aliphatic heterocycles. The fraction of sp³-hybridized carbons (Fsp3) is 0.321. The number of carbonyl (C=O) groups is 2. The van der Waals surface area contributed by atoms with Crippen LogP contribution in [0.5, 0.6) is 0 Å². The second-order valence-electron chi connectivity index (χ2n) is 9.56. The van der Waals surface area contributed by atoms with Gasteiger partial charge in [0.05, 0.1) is 5.56 Å². The zero-order chi connectivity index (χ0) is 24.4. The van der Waals surface area contributed by atoms with Crippen molar-refractivity contribution in [3.8, 4) is 0 Å². The Morgan fingerprint density at radius 2 is 1.77 bits per heavy atom. The molecule has 0 N–H and O–H groups in total. The summed E-state index contributed by atoms with van der Waals surface area (Å²) in [4.78, 5) is 41.4. The third-order valence-electron chi connectivity index (χ3n) is 6.50. The van der Waals surface area contributed by atoms with Crippen molar-refractivity contribution in [2.24, 2.45) is 0 Å². The van der Waals surface area contributed by atoms with Crippen LogP contribution in [-0.2, 0) is 24.2 Å². The number of likely N-dealkylation sites (tertiary alicyclic amines) is 1. The van der Waals surface area contributed by atoms with Crippen LogP contribution in [0.1, 0.15) is 58.9 Å². The summed E-state index contributed by atoms with van der Waals surface area (Å²) in [6.07, 6.45) is 10.1. The van der Waals surface area contributed by atoms with E-state index in [1.165, 1.54) is 18.3 Å². The van der Waals surface area contributed by atoms with Gasteiger partial charge in [0.1, 0.15) is 17.8 Å². The van der Waals surface area contributed by atoms with Crippen LogP contribution in [0.3, 0.4) is 0 Å². The summed E-state index contributed by atoms with van der Waals surface area (Å²) >= 11 is 0. The lowest BCUT2D eigenvalue weighted by atomic mass is 9.99. The van der Waals surface area contributed by atoms with Gasteiger partial charge in [-0.05, 0) is 56.1 Å². The molecule has 178 valence electrons. The first-order valence-corrected chi connectivity index (χ1v) is 12.1. The average molecular weight is 468 g/mol. The van der Waals surface area contributed by atoms with Gasteiger partial charge in [-0.3, -0.25) is 19.5 Å². The van der Waals surface area contributed by atoms with E-state index in [9.17, 15) is 9.59 Å². The van der Waals surface area contributed by atoms with Gasteiger partial charge in [-0.25, -0.2) is 9.97 Å². The van der Waals surface area contributed by atoms with Gasteiger partial charge in [-0.2, -0.15) is 0 Å². The number of ketones is 2. The number of benzene rings is 1. The highest BCUT2D eigenvalue weighted by atomic mass is 16.1. The summed E-state index contributed by atoms with van der Waals surface area (Å²) in [6, 6.07) is 10.2. The fourth-order valence-corrected chi connectivity index (χ4v) is 4.58. The predicted molar refractivity (Wildman–Crippen MR) is 134 cm³/mol. The van der Waals surface area contributed by atoms with Gasteiger partial charge in [0, 0.05) is 61.2 Å². The Kier molecular flexibility index (Phi) is 6.51. The monoisotopic (exact) mass is 467 g/mol. The highest BCUT2D eigenvalue weighted by Crippen LogP contribution is 2.25. The molecule has 35 heavy (non-hydrogen) atoms. The molecular formula is C28H29N5O2. The van der Waals surface area contributed by atoms with Gasteiger partial charge < -0.3 is 4.57 Å². The molecule has 1 aliphatic rings. The molecule has 0 radical (unpaired) electrons. The van der Waals surface area contributed by atoms with E-state index < -0.39 is 0 Å². The van der Waals surface area contributed by atoms with Crippen molar-refractivity contribution in [2.75, 3.05) is 13.1 Å². The third kappa shape index (κ3) is 5.05. The first-order chi connectivity index (χ1) is 17.0. The van der Waals surface area contributed by atoms with E-state index in [0.717, 1.165) is 36.4 Å². The Bertz CT molecular complexity index is 1390. The van der Waals surface area contributed by atoms with Crippen LogP contribution < -0.4 is 0 Å². The SMILES string of the molecule is CC(C)n1cc(C(=O)c2cncc(CC(=O)Cc3cccc(CN4CCC4)c3)c2)c2cncnc21. The number of pyridine rings is 1. The van der Waals surface area contributed by atoms with Crippen LogP contribution in [0, 0.1) is 0 Å². The molecule has 1 fully saturated rings. The van der Waals surface area contributed by atoms with Crippen LogP contribution in [0.25, 0.3) is 11.0 Å². The van der Waals surface area contributed by atoms with E-state index in [2.05, 4.69) is 32.0 Å². The summed E-state index contributed by atoms with van der Waals surface area (Å²) in [6.45, 7) is 7.33. The van der Waals surface area contributed by atoms with Gasteiger partial charge >= 0.3 is 0 Å². The molecule has 0 amide bonds. The maximum atomic E-state index is 13.4. The van der Waals surface area contributed by atoms with Gasteiger partial charge in [0.2, 0.25) is 0 Å². The first-order valence-electron chi connectivity index (χ1n) is 12.1. The Morgan fingerprint density at radius 3 is 2.54 bits per heavy atom. The second kappa shape index (κ2) is 9.88. The predicted octanol–water partition coefficient (Wildman–Crippen LogP) is 4.20. The van der Waals surface area contributed by atoms with Crippen LogP contribution in [-0.4, -0.2) is 49.1 Å². The average Bonchev–Trinajstić information content (AvgIpc) is 3.21. The number of fused-ring (bicyclic) bond motifs is 1. The Hall–Kier alpha value is -3.71. The zero-order valence-electron chi connectivity index (χ0n) is 20.1. The lowest BCUT2D eigenvalue weighted by Gasteiger charge is -2.30. The minimum absolute atomic E-state index is 0.0994. The molecule has 5 rings (SSSR count). The van der Waals surface area contributed by atoms with Crippen LogP contribution >= 0.6 is 0 Å². The minimum atomic E-state index is -0.148. The third-order valence-corrected chi connectivity index (χ3v) is 6.50. The van der Waals surface area contributed by atoms with Crippen molar-refractivity contribution in [3.63, 3.8) is 0 Å². The van der Waals surface area contributed by atoms with Gasteiger partial charge in [-0.15, -0.1) is 0 Å². The smallest absolute Gasteiger partial charge is 0.196 e. The Balaban J connectivity index is 1.31. The molecule has 3 aromatic heterocycles. The van der Waals surface area contributed by atoms with Crippen LogP contribution in [0.2, 0.25) is 0 Å². The molecule has 1 saturated heterocycles. The maximum absolute atomic E-state index is 13.4. The maximum Gasteiger partial charge on any atom is 0.196 e.